The third-order valence-corrected chi connectivity index (χ3v) is 6.00. The lowest BCUT2D eigenvalue weighted by molar-refractivity contribution is -0.129. The standard InChI is InChI=1S/C19H21ClN2OS.ClH/c1-13(24-18-10-6-5-9-16(18)20)19(23)22-11-15(17(21)12-22)14-7-3-2-4-8-14;/h2-10,13,15,17H,11-12,21H2,1H3;1H/t13?,15-,17+;/m0./s1. The van der Waals surface area contributed by atoms with E-state index in [2.05, 4.69) is 12.1 Å². The molecule has 2 aromatic carbocycles. The van der Waals surface area contributed by atoms with Crippen LogP contribution in [0.15, 0.2) is 59.5 Å². The molecule has 1 amide bonds. The Kier molecular flexibility index (Phi) is 7.20. The largest absolute Gasteiger partial charge is 0.339 e. The first-order valence-corrected chi connectivity index (χ1v) is 9.32. The average Bonchev–Trinajstić information content (AvgIpc) is 2.98. The highest BCUT2D eigenvalue weighted by Crippen LogP contribution is 2.33. The van der Waals surface area contributed by atoms with Crippen LogP contribution in [0, 0.1) is 0 Å². The van der Waals surface area contributed by atoms with Crippen LogP contribution in [0.25, 0.3) is 0 Å². The van der Waals surface area contributed by atoms with Crippen LogP contribution < -0.4 is 5.73 Å². The van der Waals surface area contributed by atoms with E-state index in [4.69, 9.17) is 17.3 Å². The summed E-state index contributed by atoms with van der Waals surface area (Å²) in [5.74, 6) is 0.321. The van der Waals surface area contributed by atoms with Gasteiger partial charge < -0.3 is 10.6 Å². The monoisotopic (exact) mass is 396 g/mol. The minimum atomic E-state index is -0.188. The number of amides is 1. The van der Waals surface area contributed by atoms with E-state index in [1.165, 1.54) is 17.3 Å². The van der Waals surface area contributed by atoms with Gasteiger partial charge in [-0.25, -0.2) is 0 Å². The van der Waals surface area contributed by atoms with Crippen molar-refractivity contribution in [1.29, 1.82) is 0 Å². The van der Waals surface area contributed by atoms with Crippen molar-refractivity contribution in [3.8, 4) is 0 Å². The van der Waals surface area contributed by atoms with Crippen molar-refractivity contribution in [2.75, 3.05) is 13.1 Å². The number of nitrogens with zero attached hydrogens (tertiary/aromatic N) is 1. The van der Waals surface area contributed by atoms with Crippen LogP contribution in [0.5, 0.6) is 0 Å². The molecule has 0 bridgehead atoms. The third kappa shape index (κ3) is 4.70. The lowest BCUT2D eigenvalue weighted by atomic mass is 9.95. The van der Waals surface area contributed by atoms with Gasteiger partial charge in [0, 0.05) is 29.9 Å². The van der Waals surface area contributed by atoms with Crippen LogP contribution in [0.4, 0.5) is 0 Å². The van der Waals surface area contributed by atoms with Crippen LogP contribution in [-0.2, 0) is 4.79 Å². The second-order valence-electron chi connectivity index (χ2n) is 6.11. The Bertz CT molecular complexity index is 714. The molecule has 2 aromatic rings. The molecule has 134 valence electrons. The summed E-state index contributed by atoms with van der Waals surface area (Å²) in [7, 11) is 0. The number of hydrogen-bond acceptors (Lipinski definition) is 3. The van der Waals surface area contributed by atoms with Gasteiger partial charge in [-0.15, -0.1) is 24.2 Å². The Morgan fingerprint density at radius 2 is 1.80 bits per heavy atom. The fourth-order valence-electron chi connectivity index (χ4n) is 3.10. The average molecular weight is 397 g/mol. The maximum atomic E-state index is 12.8. The molecule has 1 heterocycles. The van der Waals surface area contributed by atoms with Gasteiger partial charge in [0.15, 0.2) is 0 Å². The third-order valence-electron chi connectivity index (χ3n) is 4.39. The summed E-state index contributed by atoms with van der Waals surface area (Å²) in [4.78, 5) is 15.6. The van der Waals surface area contributed by atoms with E-state index >= 15 is 0 Å². The van der Waals surface area contributed by atoms with Crippen LogP contribution >= 0.6 is 35.8 Å². The molecule has 2 N–H and O–H groups in total. The molecular weight excluding hydrogens is 375 g/mol. The van der Waals surface area contributed by atoms with Crippen molar-refractivity contribution in [2.24, 2.45) is 5.73 Å². The first kappa shape index (κ1) is 20.1. The molecule has 1 unspecified atom stereocenters. The number of nitrogens with two attached hydrogens (primary N) is 1. The number of rotatable bonds is 4. The van der Waals surface area contributed by atoms with E-state index in [1.807, 2.05) is 54.3 Å². The van der Waals surface area contributed by atoms with Crippen molar-refractivity contribution in [2.45, 2.75) is 29.0 Å². The quantitative estimate of drug-likeness (QED) is 0.787. The van der Waals surface area contributed by atoms with E-state index in [9.17, 15) is 4.79 Å². The summed E-state index contributed by atoms with van der Waals surface area (Å²) in [5, 5.41) is 0.494. The number of benzene rings is 2. The Morgan fingerprint density at radius 3 is 2.48 bits per heavy atom. The molecule has 3 atom stereocenters. The van der Waals surface area contributed by atoms with E-state index in [0.717, 1.165) is 4.90 Å². The van der Waals surface area contributed by atoms with Gasteiger partial charge in [0.1, 0.15) is 0 Å². The maximum absolute atomic E-state index is 12.8. The van der Waals surface area contributed by atoms with Crippen LogP contribution in [0.1, 0.15) is 18.4 Å². The van der Waals surface area contributed by atoms with Crippen molar-refractivity contribution in [3.63, 3.8) is 0 Å². The van der Waals surface area contributed by atoms with Crippen LogP contribution in [-0.4, -0.2) is 35.2 Å². The molecule has 1 saturated heterocycles. The molecule has 0 saturated carbocycles. The minimum absolute atomic E-state index is 0. The topological polar surface area (TPSA) is 46.3 Å². The summed E-state index contributed by atoms with van der Waals surface area (Å²) in [5.41, 5.74) is 7.49. The minimum Gasteiger partial charge on any atom is -0.339 e. The summed E-state index contributed by atoms with van der Waals surface area (Å²) in [6.45, 7) is 3.21. The highest BCUT2D eigenvalue weighted by atomic mass is 35.5. The zero-order valence-electron chi connectivity index (χ0n) is 14.0. The number of halogens is 2. The zero-order valence-corrected chi connectivity index (χ0v) is 16.4. The number of carbonyl (C=O) groups excluding carboxylic acids is 1. The molecular formula is C19H22Cl2N2OS. The molecule has 1 fully saturated rings. The van der Waals surface area contributed by atoms with Gasteiger partial charge in [0.2, 0.25) is 5.91 Å². The lowest BCUT2D eigenvalue weighted by Gasteiger charge is -2.21. The van der Waals surface area contributed by atoms with Crippen molar-refractivity contribution >= 4 is 41.7 Å². The first-order valence-electron chi connectivity index (χ1n) is 8.06. The number of likely N-dealkylation sites (tertiary alicyclic amines) is 1. The van der Waals surface area contributed by atoms with Crippen LogP contribution in [0.2, 0.25) is 5.02 Å². The summed E-state index contributed by atoms with van der Waals surface area (Å²) >= 11 is 7.69. The highest BCUT2D eigenvalue weighted by Gasteiger charge is 2.35. The SMILES string of the molecule is CC(Sc1ccccc1Cl)C(=O)N1C[C@@H](N)[C@H](c2ccccc2)C1.Cl. The Morgan fingerprint density at radius 1 is 1.16 bits per heavy atom. The van der Waals surface area contributed by atoms with Gasteiger partial charge in [-0.05, 0) is 24.6 Å². The second kappa shape index (κ2) is 8.95. The Hall–Kier alpha value is -1.20. The van der Waals surface area contributed by atoms with E-state index in [-0.39, 0.29) is 35.5 Å². The van der Waals surface area contributed by atoms with Crippen LogP contribution in [0.3, 0.4) is 0 Å². The molecule has 3 nitrogen and oxygen atoms in total. The number of thioether (sulfide) groups is 1. The molecule has 1 aliphatic heterocycles. The number of carbonyl (C=O) groups is 1. The summed E-state index contributed by atoms with van der Waals surface area (Å²) in [6, 6.07) is 17.8. The van der Waals surface area contributed by atoms with E-state index in [0.29, 0.717) is 18.1 Å². The number of hydrogen-bond donors (Lipinski definition) is 1. The molecule has 0 aliphatic carbocycles. The molecule has 0 spiro atoms. The molecule has 3 rings (SSSR count). The Balaban J connectivity index is 0.00000225. The van der Waals surface area contributed by atoms with Gasteiger partial charge in [0.05, 0.1) is 10.3 Å². The second-order valence-corrected chi connectivity index (χ2v) is 7.90. The molecule has 1 aliphatic rings. The predicted octanol–water partition coefficient (Wildman–Crippen LogP) is 4.20. The lowest BCUT2D eigenvalue weighted by Crippen LogP contribution is -2.36. The van der Waals surface area contributed by atoms with E-state index < -0.39 is 0 Å². The van der Waals surface area contributed by atoms with Gasteiger partial charge >= 0.3 is 0 Å². The van der Waals surface area contributed by atoms with Crippen molar-refractivity contribution in [3.05, 3.63) is 65.2 Å². The predicted molar refractivity (Wildman–Crippen MR) is 108 cm³/mol. The first-order chi connectivity index (χ1) is 11.6. The normalized spacial score (nSPS) is 20.8. The fraction of sp³-hybridized carbons (Fsp3) is 0.316. The molecule has 25 heavy (non-hydrogen) atoms. The summed E-state index contributed by atoms with van der Waals surface area (Å²) in [6.07, 6.45) is 0. The Labute approximate surface area is 164 Å². The van der Waals surface area contributed by atoms with E-state index in [1.54, 1.807) is 0 Å². The fourth-order valence-corrected chi connectivity index (χ4v) is 4.34. The zero-order chi connectivity index (χ0) is 17.1. The van der Waals surface area contributed by atoms with Gasteiger partial charge in [0.25, 0.3) is 0 Å². The van der Waals surface area contributed by atoms with Crippen molar-refractivity contribution in [1.82, 2.24) is 4.90 Å². The maximum Gasteiger partial charge on any atom is 0.235 e. The van der Waals surface area contributed by atoms with Gasteiger partial charge in [-0.1, -0.05) is 54.1 Å². The van der Waals surface area contributed by atoms with Gasteiger partial charge in [-0.3, -0.25) is 4.79 Å². The molecule has 6 heteroatoms. The van der Waals surface area contributed by atoms with Crippen molar-refractivity contribution < 1.29 is 4.79 Å². The van der Waals surface area contributed by atoms with Gasteiger partial charge in [-0.2, -0.15) is 0 Å². The summed E-state index contributed by atoms with van der Waals surface area (Å²) < 4.78 is 0. The highest BCUT2D eigenvalue weighted by molar-refractivity contribution is 8.00. The molecule has 0 aromatic heterocycles. The molecule has 0 radical (unpaired) electrons. The smallest absolute Gasteiger partial charge is 0.235 e.